The average molecular weight is 317 g/mol. The molecule has 1 unspecified atom stereocenters. The fourth-order valence-corrected chi connectivity index (χ4v) is 2.11. The number of hydrogen-bond acceptors (Lipinski definition) is 4. The van der Waals surface area contributed by atoms with Gasteiger partial charge in [0.2, 0.25) is 0 Å². The third-order valence-electron chi connectivity index (χ3n) is 3.58. The Morgan fingerprint density at radius 1 is 1.35 bits per heavy atom. The van der Waals surface area contributed by atoms with E-state index in [2.05, 4.69) is 19.2 Å². The van der Waals surface area contributed by atoms with E-state index in [1.54, 1.807) is 19.1 Å². The van der Waals surface area contributed by atoms with Crippen LogP contribution in [-0.2, 0) is 10.4 Å². The summed E-state index contributed by atoms with van der Waals surface area (Å²) in [4.78, 5) is 11.9. The third kappa shape index (κ3) is 4.86. The zero-order valence-electron chi connectivity index (χ0n) is 13.7. The maximum atomic E-state index is 11.9. The summed E-state index contributed by atoms with van der Waals surface area (Å²) in [5.74, 6) is 1.16. The fraction of sp³-hybridized carbons (Fsp3) is 0.389. The lowest BCUT2D eigenvalue weighted by atomic mass is 10.0. The highest BCUT2D eigenvalue weighted by Crippen LogP contribution is 2.21. The molecule has 0 fully saturated rings. The van der Waals surface area contributed by atoms with Gasteiger partial charge in [0, 0.05) is 0 Å². The molecule has 2 aromatic rings. The first kappa shape index (κ1) is 17.1. The van der Waals surface area contributed by atoms with Crippen LogP contribution in [0, 0.1) is 0 Å². The number of benzene rings is 1. The van der Waals surface area contributed by atoms with Crippen molar-refractivity contribution in [3.8, 4) is 5.75 Å². The lowest BCUT2D eigenvalue weighted by Crippen LogP contribution is -2.40. The van der Waals surface area contributed by atoms with Crippen LogP contribution in [0.4, 0.5) is 0 Å². The first-order valence-electron chi connectivity index (χ1n) is 7.64. The molecule has 0 aliphatic carbocycles. The molecule has 0 radical (unpaired) electrons. The number of amides is 1. The zero-order chi connectivity index (χ0) is 16.9. The van der Waals surface area contributed by atoms with E-state index in [4.69, 9.17) is 9.15 Å². The maximum absolute atomic E-state index is 11.9. The van der Waals surface area contributed by atoms with Crippen LogP contribution in [0.5, 0.6) is 5.75 Å². The van der Waals surface area contributed by atoms with Gasteiger partial charge in [0.15, 0.2) is 6.61 Å². The Labute approximate surface area is 136 Å². The Bertz CT molecular complexity index is 632. The minimum atomic E-state index is -1.25. The van der Waals surface area contributed by atoms with Crippen LogP contribution in [0.25, 0.3) is 0 Å². The van der Waals surface area contributed by atoms with Gasteiger partial charge in [-0.05, 0) is 42.7 Å². The smallest absolute Gasteiger partial charge is 0.258 e. The van der Waals surface area contributed by atoms with Gasteiger partial charge in [-0.2, -0.15) is 0 Å². The molecule has 1 aromatic carbocycles. The number of carbonyl (C=O) groups is 1. The average Bonchev–Trinajstić information content (AvgIpc) is 3.06. The van der Waals surface area contributed by atoms with Crippen molar-refractivity contribution in [2.45, 2.75) is 32.3 Å². The Hall–Kier alpha value is -2.27. The number of rotatable bonds is 7. The van der Waals surface area contributed by atoms with Crippen LogP contribution < -0.4 is 10.1 Å². The quantitative estimate of drug-likeness (QED) is 0.824. The normalized spacial score (nSPS) is 13.6. The summed E-state index contributed by atoms with van der Waals surface area (Å²) < 4.78 is 10.7. The van der Waals surface area contributed by atoms with Gasteiger partial charge in [-0.1, -0.05) is 26.0 Å². The molecular weight excluding hydrogens is 294 g/mol. The number of aliphatic hydroxyl groups is 1. The van der Waals surface area contributed by atoms with Gasteiger partial charge in [-0.25, -0.2) is 0 Å². The first-order valence-corrected chi connectivity index (χ1v) is 7.64. The highest BCUT2D eigenvalue weighted by molar-refractivity contribution is 5.77. The third-order valence-corrected chi connectivity index (χ3v) is 3.58. The molecule has 1 atom stereocenters. The number of nitrogens with one attached hydrogen (secondary N) is 1. The van der Waals surface area contributed by atoms with E-state index in [-0.39, 0.29) is 19.1 Å². The van der Waals surface area contributed by atoms with E-state index in [1.165, 1.54) is 6.26 Å². The predicted octanol–water partition coefficient (Wildman–Crippen LogP) is 2.81. The van der Waals surface area contributed by atoms with E-state index >= 15 is 0 Å². The topological polar surface area (TPSA) is 71.7 Å². The maximum Gasteiger partial charge on any atom is 0.258 e. The van der Waals surface area contributed by atoms with E-state index in [0.29, 0.717) is 17.4 Å². The lowest BCUT2D eigenvalue weighted by molar-refractivity contribution is -0.124. The van der Waals surface area contributed by atoms with E-state index in [0.717, 1.165) is 5.56 Å². The summed E-state index contributed by atoms with van der Waals surface area (Å²) in [5.41, 5.74) is -0.0971. The molecule has 23 heavy (non-hydrogen) atoms. The molecule has 0 spiro atoms. The SMILES string of the molecule is CC(C)c1cccc(OCC(=O)NCC(C)(O)c2ccco2)c1. The minimum absolute atomic E-state index is 0.0503. The molecule has 0 bridgehead atoms. The largest absolute Gasteiger partial charge is 0.484 e. The van der Waals surface area contributed by atoms with Crippen LogP contribution in [-0.4, -0.2) is 24.2 Å². The van der Waals surface area contributed by atoms with E-state index in [1.807, 2.05) is 24.3 Å². The molecule has 5 nitrogen and oxygen atoms in total. The summed E-state index contributed by atoms with van der Waals surface area (Å²) in [6.45, 7) is 5.73. The zero-order valence-corrected chi connectivity index (χ0v) is 13.7. The van der Waals surface area contributed by atoms with Crippen molar-refractivity contribution in [1.29, 1.82) is 0 Å². The van der Waals surface area contributed by atoms with Crippen LogP contribution in [0.1, 0.15) is 38.0 Å². The number of ether oxygens (including phenoxy) is 1. The standard InChI is InChI=1S/C18H23NO4/c1-13(2)14-6-4-7-15(10-14)23-11-17(20)19-12-18(3,21)16-8-5-9-22-16/h4-10,13,21H,11-12H2,1-3H3,(H,19,20). The highest BCUT2D eigenvalue weighted by Gasteiger charge is 2.26. The molecule has 0 saturated heterocycles. The molecule has 0 aliphatic heterocycles. The number of carbonyl (C=O) groups excluding carboxylic acids is 1. The van der Waals surface area contributed by atoms with Gasteiger partial charge in [0.05, 0.1) is 12.8 Å². The van der Waals surface area contributed by atoms with Crippen LogP contribution in [0.3, 0.4) is 0 Å². The summed E-state index contributed by atoms with van der Waals surface area (Å²) in [6.07, 6.45) is 1.48. The second-order valence-electron chi connectivity index (χ2n) is 6.04. The Morgan fingerprint density at radius 3 is 2.78 bits per heavy atom. The van der Waals surface area contributed by atoms with Crippen molar-refractivity contribution in [2.75, 3.05) is 13.2 Å². The van der Waals surface area contributed by atoms with Crippen molar-refractivity contribution >= 4 is 5.91 Å². The minimum Gasteiger partial charge on any atom is -0.484 e. The van der Waals surface area contributed by atoms with Gasteiger partial charge in [0.1, 0.15) is 17.1 Å². The Balaban J connectivity index is 1.82. The van der Waals surface area contributed by atoms with E-state index in [9.17, 15) is 9.90 Å². The van der Waals surface area contributed by atoms with Gasteiger partial charge >= 0.3 is 0 Å². The van der Waals surface area contributed by atoms with Gasteiger partial charge < -0.3 is 19.6 Å². The summed E-state index contributed by atoms with van der Waals surface area (Å²) in [5, 5.41) is 12.9. The van der Waals surface area contributed by atoms with Gasteiger partial charge in [0.25, 0.3) is 5.91 Å². The first-order chi connectivity index (χ1) is 10.9. The summed E-state index contributed by atoms with van der Waals surface area (Å²) in [7, 11) is 0. The molecular formula is C18H23NO4. The van der Waals surface area contributed by atoms with Crippen LogP contribution in [0.15, 0.2) is 47.1 Å². The predicted molar refractivity (Wildman–Crippen MR) is 87.3 cm³/mol. The van der Waals surface area contributed by atoms with Crippen molar-refractivity contribution in [3.05, 3.63) is 54.0 Å². The molecule has 1 aromatic heterocycles. The van der Waals surface area contributed by atoms with Crippen LogP contribution >= 0.6 is 0 Å². The molecule has 5 heteroatoms. The van der Waals surface area contributed by atoms with Crippen molar-refractivity contribution < 1.29 is 19.1 Å². The molecule has 0 aliphatic rings. The van der Waals surface area contributed by atoms with Crippen LogP contribution in [0.2, 0.25) is 0 Å². The molecule has 1 amide bonds. The molecule has 1 heterocycles. The second kappa shape index (κ2) is 7.33. The molecule has 2 N–H and O–H groups in total. The number of hydrogen-bond donors (Lipinski definition) is 2. The van der Waals surface area contributed by atoms with Gasteiger partial charge in [-0.3, -0.25) is 4.79 Å². The molecule has 2 rings (SSSR count). The molecule has 124 valence electrons. The Morgan fingerprint density at radius 2 is 2.13 bits per heavy atom. The number of furan rings is 1. The Kier molecular flexibility index (Phi) is 5.45. The molecule has 0 saturated carbocycles. The van der Waals surface area contributed by atoms with Crippen molar-refractivity contribution in [1.82, 2.24) is 5.32 Å². The van der Waals surface area contributed by atoms with E-state index < -0.39 is 5.60 Å². The fourth-order valence-electron chi connectivity index (χ4n) is 2.11. The highest BCUT2D eigenvalue weighted by atomic mass is 16.5. The van der Waals surface area contributed by atoms with Crippen molar-refractivity contribution in [2.24, 2.45) is 0 Å². The van der Waals surface area contributed by atoms with Crippen molar-refractivity contribution in [3.63, 3.8) is 0 Å². The van der Waals surface area contributed by atoms with Gasteiger partial charge in [-0.15, -0.1) is 0 Å². The second-order valence-corrected chi connectivity index (χ2v) is 6.04. The summed E-state index contributed by atoms with van der Waals surface area (Å²) in [6, 6.07) is 11.0. The monoisotopic (exact) mass is 317 g/mol. The lowest BCUT2D eigenvalue weighted by Gasteiger charge is -2.21. The summed E-state index contributed by atoms with van der Waals surface area (Å²) >= 11 is 0.